The average Bonchev–Trinajstić information content (AvgIpc) is 2.85. The highest BCUT2D eigenvalue weighted by Crippen LogP contribution is 2.21. The van der Waals surface area contributed by atoms with Gasteiger partial charge in [0.1, 0.15) is 5.82 Å². The maximum Gasteiger partial charge on any atom is 0.123 e. The van der Waals surface area contributed by atoms with Crippen molar-refractivity contribution in [2.24, 2.45) is 0 Å². The minimum Gasteiger partial charge on any atom is -0.398 e. The van der Waals surface area contributed by atoms with Crippen LogP contribution >= 0.6 is 0 Å². The molecule has 0 unspecified atom stereocenters. The SMILES string of the molecule is N#Cc1ccc2c(ccn2Cc2cc(F)ccc2N)c1. The summed E-state index contributed by atoms with van der Waals surface area (Å²) in [5.41, 5.74) is 8.81. The first-order valence-corrected chi connectivity index (χ1v) is 6.20. The molecular weight excluding hydrogens is 253 g/mol. The molecule has 3 rings (SSSR count). The van der Waals surface area contributed by atoms with E-state index in [0.29, 0.717) is 17.8 Å². The van der Waals surface area contributed by atoms with Crippen LogP contribution in [0.4, 0.5) is 10.1 Å². The van der Waals surface area contributed by atoms with Crippen molar-refractivity contribution in [3.05, 3.63) is 65.6 Å². The van der Waals surface area contributed by atoms with Crippen LogP contribution < -0.4 is 5.73 Å². The van der Waals surface area contributed by atoms with Gasteiger partial charge in [0.05, 0.1) is 11.6 Å². The zero-order valence-corrected chi connectivity index (χ0v) is 10.7. The molecular formula is C16H12FN3. The summed E-state index contributed by atoms with van der Waals surface area (Å²) in [7, 11) is 0. The Balaban J connectivity index is 2.03. The van der Waals surface area contributed by atoms with Crippen molar-refractivity contribution < 1.29 is 4.39 Å². The highest BCUT2D eigenvalue weighted by atomic mass is 19.1. The van der Waals surface area contributed by atoms with E-state index < -0.39 is 0 Å². The Hall–Kier alpha value is -2.80. The van der Waals surface area contributed by atoms with Crippen molar-refractivity contribution in [2.45, 2.75) is 6.54 Å². The number of rotatable bonds is 2. The van der Waals surface area contributed by atoms with Crippen LogP contribution in [0.5, 0.6) is 0 Å². The van der Waals surface area contributed by atoms with Crippen LogP contribution in [-0.4, -0.2) is 4.57 Å². The molecule has 0 aliphatic heterocycles. The number of benzene rings is 2. The molecule has 0 bridgehead atoms. The molecule has 1 heterocycles. The quantitative estimate of drug-likeness (QED) is 0.723. The molecule has 0 saturated carbocycles. The fourth-order valence-corrected chi connectivity index (χ4v) is 2.30. The van der Waals surface area contributed by atoms with Gasteiger partial charge in [-0.2, -0.15) is 5.26 Å². The predicted molar refractivity (Wildman–Crippen MR) is 76.6 cm³/mol. The topological polar surface area (TPSA) is 54.7 Å². The molecule has 3 aromatic rings. The van der Waals surface area contributed by atoms with Gasteiger partial charge in [0.2, 0.25) is 0 Å². The third-order valence-electron chi connectivity index (χ3n) is 3.35. The highest BCUT2D eigenvalue weighted by Gasteiger charge is 2.06. The van der Waals surface area contributed by atoms with E-state index in [1.54, 1.807) is 12.1 Å². The number of nitriles is 1. The minimum absolute atomic E-state index is 0.294. The van der Waals surface area contributed by atoms with E-state index in [4.69, 9.17) is 11.0 Å². The fourth-order valence-electron chi connectivity index (χ4n) is 2.30. The number of nitrogens with two attached hydrogens (primary N) is 1. The van der Waals surface area contributed by atoms with Crippen LogP contribution in [0.3, 0.4) is 0 Å². The average molecular weight is 265 g/mol. The largest absolute Gasteiger partial charge is 0.398 e. The van der Waals surface area contributed by atoms with Crippen LogP contribution in [0, 0.1) is 17.1 Å². The van der Waals surface area contributed by atoms with E-state index in [0.717, 1.165) is 16.5 Å². The summed E-state index contributed by atoms with van der Waals surface area (Å²) in [5.74, 6) is -0.294. The van der Waals surface area contributed by atoms with E-state index in [-0.39, 0.29) is 5.82 Å². The van der Waals surface area contributed by atoms with Gasteiger partial charge < -0.3 is 10.3 Å². The Kier molecular flexibility index (Phi) is 2.88. The summed E-state index contributed by atoms with van der Waals surface area (Å²) in [6.07, 6.45) is 1.91. The van der Waals surface area contributed by atoms with E-state index in [2.05, 4.69) is 6.07 Å². The number of nitrogens with zero attached hydrogens (tertiary/aromatic N) is 2. The molecule has 2 aromatic carbocycles. The van der Waals surface area contributed by atoms with Gasteiger partial charge in [0.25, 0.3) is 0 Å². The number of hydrogen-bond acceptors (Lipinski definition) is 2. The lowest BCUT2D eigenvalue weighted by Gasteiger charge is -2.08. The number of halogens is 1. The van der Waals surface area contributed by atoms with Crippen molar-refractivity contribution in [1.29, 1.82) is 5.26 Å². The van der Waals surface area contributed by atoms with Crippen molar-refractivity contribution in [3.8, 4) is 6.07 Å². The normalized spacial score (nSPS) is 10.6. The van der Waals surface area contributed by atoms with Crippen LogP contribution in [0.25, 0.3) is 10.9 Å². The van der Waals surface area contributed by atoms with Gasteiger partial charge in [-0.1, -0.05) is 0 Å². The van der Waals surface area contributed by atoms with E-state index in [9.17, 15) is 4.39 Å². The summed E-state index contributed by atoms with van der Waals surface area (Å²) < 4.78 is 15.3. The Labute approximate surface area is 115 Å². The van der Waals surface area contributed by atoms with Crippen molar-refractivity contribution in [1.82, 2.24) is 4.57 Å². The van der Waals surface area contributed by atoms with Gasteiger partial charge in [0.15, 0.2) is 0 Å². The first kappa shape index (κ1) is 12.2. The smallest absolute Gasteiger partial charge is 0.123 e. The maximum atomic E-state index is 13.3. The second-order valence-electron chi connectivity index (χ2n) is 4.67. The number of fused-ring (bicyclic) bond motifs is 1. The molecule has 98 valence electrons. The van der Waals surface area contributed by atoms with E-state index in [1.807, 2.05) is 29.0 Å². The lowest BCUT2D eigenvalue weighted by Crippen LogP contribution is -2.02. The third-order valence-corrected chi connectivity index (χ3v) is 3.35. The Morgan fingerprint density at radius 2 is 2.00 bits per heavy atom. The molecule has 0 atom stereocenters. The molecule has 0 saturated heterocycles. The molecule has 20 heavy (non-hydrogen) atoms. The number of anilines is 1. The minimum atomic E-state index is -0.294. The zero-order chi connectivity index (χ0) is 14.1. The molecule has 0 aliphatic rings. The molecule has 3 nitrogen and oxygen atoms in total. The molecule has 0 radical (unpaired) electrons. The first-order chi connectivity index (χ1) is 9.67. The molecule has 1 aromatic heterocycles. The number of hydrogen-bond donors (Lipinski definition) is 1. The molecule has 2 N–H and O–H groups in total. The van der Waals surface area contributed by atoms with Gasteiger partial charge in [-0.05, 0) is 48.0 Å². The predicted octanol–water partition coefficient (Wildman–Crippen LogP) is 3.28. The molecule has 0 spiro atoms. The standard InChI is InChI=1S/C16H12FN3/c17-14-2-3-15(19)13(8-14)10-20-6-5-12-7-11(9-18)1-4-16(12)20/h1-8H,10,19H2. The van der Waals surface area contributed by atoms with Crippen molar-refractivity contribution >= 4 is 16.6 Å². The van der Waals surface area contributed by atoms with Crippen LogP contribution in [-0.2, 0) is 6.54 Å². The Morgan fingerprint density at radius 3 is 2.80 bits per heavy atom. The molecule has 0 amide bonds. The molecule has 0 aliphatic carbocycles. The van der Waals surface area contributed by atoms with Gasteiger partial charge >= 0.3 is 0 Å². The summed E-state index contributed by atoms with van der Waals surface area (Å²) in [6, 6.07) is 13.9. The van der Waals surface area contributed by atoms with Crippen LogP contribution in [0.1, 0.15) is 11.1 Å². The van der Waals surface area contributed by atoms with E-state index in [1.165, 1.54) is 12.1 Å². The highest BCUT2D eigenvalue weighted by molar-refractivity contribution is 5.81. The first-order valence-electron chi connectivity index (χ1n) is 6.20. The van der Waals surface area contributed by atoms with Crippen molar-refractivity contribution in [3.63, 3.8) is 0 Å². The van der Waals surface area contributed by atoms with Crippen molar-refractivity contribution in [2.75, 3.05) is 5.73 Å². The summed E-state index contributed by atoms with van der Waals surface area (Å²) in [6.45, 7) is 0.499. The summed E-state index contributed by atoms with van der Waals surface area (Å²) in [5, 5.41) is 9.88. The van der Waals surface area contributed by atoms with Gasteiger partial charge in [-0.25, -0.2) is 4.39 Å². The number of nitrogen functional groups attached to an aromatic ring is 1. The zero-order valence-electron chi connectivity index (χ0n) is 10.7. The summed E-state index contributed by atoms with van der Waals surface area (Å²) >= 11 is 0. The second kappa shape index (κ2) is 4.71. The van der Waals surface area contributed by atoms with E-state index >= 15 is 0 Å². The third kappa shape index (κ3) is 2.10. The lowest BCUT2D eigenvalue weighted by atomic mass is 10.1. The Morgan fingerprint density at radius 1 is 1.15 bits per heavy atom. The Bertz CT molecular complexity index is 827. The molecule has 0 fully saturated rings. The second-order valence-corrected chi connectivity index (χ2v) is 4.67. The van der Waals surface area contributed by atoms with Crippen LogP contribution in [0.15, 0.2) is 48.7 Å². The maximum absolute atomic E-state index is 13.3. The van der Waals surface area contributed by atoms with Gasteiger partial charge in [-0.15, -0.1) is 0 Å². The fraction of sp³-hybridized carbons (Fsp3) is 0.0625. The number of aromatic nitrogens is 1. The van der Waals surface area contributed by atoms with Crippen LogP contribution in [0.2, 0.25) is 0 Å². The monoisotopic (exact) mass is 265 g/mol. The van der Waals surface area contributed by atoms with Gasteiger partial charge in [-0.3, -0.25) is 0 Å². The van der Waals surface area contributed by atoms with Gasteiger partial charge in [0, 0.05) is 29.3 Å². The molecule has 4 heteroatoms. The lowest BCUT2D eigenvalue weighted by molar-refractivity contribution is 0.624. The summed E-state index contributed by atoms with van der Waals surface area (Å²) in [4.78, 5) is 0.